The van der Waals surface area contributed by atoms with E-state index in [1.807, 2.05) is 38.7 Å². The van der Waals surface area contributed by atoms with E-state index in [-0.39, 0.29) is 39.8 Å². The summed E-state index contributed by atoms with van der Waals surface area (Å²) < 4.78 is 16.8. The van der Waals surface area contributed by atoms with Gasteiger partial charge in [-0.05, 0) is 54.7 Å². The number of amides is 1. The van der Waals surface area contributed by atoms with E-state index < -0.39 is 11.5 Å². The molecule has 0 saturated carbocycles. The molecule has 10 heteroatoms. The van der Waals surface area contributed by atoms with Gasteiger partial charge in [0.25, 0.3) is 0 Å². The highest BCUT2D eigenvalue weighted by molar-refractivity contribution is 6.34. The van der Waals surface area contributed by atoms with Crippen LogP contribution in [0.4, 0.5) is 10.2 Å². The lowest BCUT2D eigenvalue weighted by molar-refractivity contribution is -0.126. The van der Waals surface area contributed by atoms with E-state index in [4.69, 9.17) is 16.6 Å². The van der Waals surface area contributed by atoms with Gasteiger partial charge in [-0.3, -0.25) is 9.78 Å². The first-order valence-electron chi connectivity index (χ1n) is 14.3. The van der Waals surface area contributed by atoms with E-state index in [9.17, 15) is 9.59 Å². The molecule has 8 nitrogen and oxygen atoms in total. The lowest BCUT2D eigenvalue weighted by Gasteiger charge is -2.40. The van der Waals surface area contributed by atoms with Crippen molar-refractivity contribution in [2.24, 2.45) is 0 Å². The molecule has 0 bridgehead atoms. The molecule has 0 N–H and O–H groups in total. The van der Waals surface area contributed by atoms with Crippen molar-refractivity contribution in [1.29, 1.82) is 0 Å². The number of aryl methyl sites for hydroxylation is 1. The number of anilines is 1. The van der Waals surface area contributed by atoms with Crippen molar-refractivity contribution in [2.45, 2.75) is 46.1 Å². The van der Waals surface area contributed by atoms with Crippen LogP contribution < -0.4 is 10.6 Å². The van der Waals surface area contributed by atoms with Crippen LogP contribution in [0.1, 0.15) is 50.4 Å². The molecule has 4 aromatic rings. The summed E-state index contributed by atoms with van der Waals surface area (Å²) in [7, 11) is 0. The number of fused-ring (bicyclic) bond motifs is 1. The molecule has 1 fully saturated rings. The lowest BCUT2D eigenvalue weighted by atomic mass is 10.0. The topological polar surface area (TPSA) is 84.2 Å². The summed E-state index contributed by atoms with van der Waals surface area (Å²) in [6.07, 6.45) is 5.22. The molecule has 5 rings (SSSR count). The highest BCUT2D eigenvalue weighted by Gasteiger charge is 2.31. The Balaban J connectivity index is 1.86. The van der Waals surface area contributed by atoms with Crippen molar-refractivity contribution in [3.63, 3.8) is 0 Å². The molecular formula is C33H34ClFN6O2. The van der Waals surface area contributed by atoms with Crippen LogP contribution in [0, 0.1) is 5.82 Å². The maximum Gasteiger partial charge on any atom is 0.355 e. The number of pyridine rings is 2. The van der Waals surface area contributed by atoms with E-state index in [2.05, 4.69) is 23.1 Å². The second kappa shape index (κ2) is 12.1. The van der Waals surface area contributed by atoms with Crippen LogP contribution in [0.2, 0.25) is 5.02 Å². The Morgan fingerprint density at radius 2 is 2.00 bits per heavy atom. The van der Waals surface area contributed by atoms with Gasteiger partial charge in [0.1, 0.15) is 11.6 Å². The Kier molecular flexibility index (Phi) is 8.46. The number of carbonyl (C=O) groups is 1. The Morgan fingerprint density at radius 1 is 1.23 bits per heavy atom. The van der Waals surface area contributed by atoms with E-state index in [0.29, 0.717) is 48.5 Å². The average molecular weight is 603 g/mol. The SMILES string of the molecule is C=CC(=[18O])N1CCN(c2nc(=O)n(-c3c(CC)ccnc3C(C)C)c3nc(-c4c(F)cccc4C=C)c(Cl)cc23)[C@@H](C)C1. The first-order valence-corrected chi connectivity index (χ1v) is 14.7. The van der Waals surface area contributed by atoms with Crippen LogP contribution in [0.15, 0.2) is 60.6 Å². The number of nitrogens with zero attached hydrogens (tertiary/aromatic N) is 6. The molecule has 0 unspecified atom stereocenters. The molecular weight excluding hydrogens is 569 g/mol. The molecule has 222 valence electrons. The minimum atomic E-state index is -0.540. The predicted molar refractivity (Wildman–Crippen MR) is 170 cm³/mol. The summed E-state index contributed by atoms with van der Waals surface area (Å²) in [5.74, 6) is -0.267. The highest BCUT2D eigenvalue weighted by atomic mass is 35.5. The normalized spacial score (nSPS) is 15.3. The summed E-state index contributed by atoms with van der Waals surface area (Å²) >= 11 is 6.87. The summed E-state index contributed by atoms with van der Waals surface area (Å²) in [6, 6.07) is 8.08. The second-order valence-corrected chi connectivity index (χ2v) is 11.3. The fourth-order valence-corrected chi connectivity index (χ4v) is 5.99. The zero-order chi connectivity index (χ0) is 31.0. The van der Waals surface area contributed by atoms with Gasteiger partial charge in [-0.2, -0.15) is 4.98 Å². The van der Waals surface area contributed by atoms with E-state index in [1.54, 1.807) is 35.4 Å². The van der Waals surface area contributed by atoms with Crippen molar-refractivity contribution in [1.82, 2.24) is 24.4 Å². The van der Waals surface area contributed by atoms with Gasteiger partial charge >= 0.3 is 5.69 Å². The van der Waals surface area contributed by atoms with Gasteiger partial charge in [0.2, 0.25) is 5.91 Å². The van der Waals surface area contributed by atoms with Crippen LogP contribution in [0.5, 0.6) is 0 Å². The number of piperazine rings is 1. The number of hydrogen-bond donors (Lipinski definition) is 0. The van der Waals surface area contributed by atoms with Gasteiger partial charge < -0.3 is 9.80 Å². The number of carbonyl (C=O) groups excluding carboxylic acids is 1. The molecule has 0 aliphatic carbocycles. The molecule has 1 aromatic carbocycles. The van der Waals surface area contributed by atoms with Crippen LogP contribution in [0.25, 0.3) is 34.1 Å². The van der Waals surface area contributed by atoms with E-state index in [1.165, 1.54) is 16.7 Å². The molecule has 1 aliphatic heterocycles. The third kappa shape index (κ3) is 5.33. The van der Waals surface area contributed by atoms with Gasteiger partial charge in [-0.25, -0.2) is 18.7 Å². The maximum absolute atomic E-state index is 15.4. The van der Waals surface area contributed by atoms with Crippen LogP contribution in [0.3, 0.4) is 0 Å². The smallest absolute Gasteiger partial charge is 0.350 e. The predicted octanol–water partition coefficient (Wildman–Crippen LogP) is 6.19. The summed E-state index contributed by atoms with van der Waals surface area (Å²) in [5, 5.41) is 0.730. The number of aromatic nitrogens is 4. The number of rotatable bonds is 7. The van der Waals surface area contributed by atoms with Crippen LogP contribution in [-0.2, 0) is 11.2 Å². The fraction of sp³-hybridized carbons (Fsp3) is 0.303. The molecule has 1 atom stereocenters. The molecule has 0 spiro atoms. The minimum absolute atomic E-state index is 0.00988. The van der Waals surface area contributed by atoms with E-state index in [0.717, 1.165) is 11.3 Å². The van der Waals surface area contributed by atoms with E-state index >= 15 is 4.39 Å². The third-order valence-electron chi connectivity index (χ3n) is 7.88. The van der Waals surface area contributed by atoms with Crippen LogP contribution >= 0.6 is 11.6 Å². The maximum atomic E-state index is 15.4. The molecule has 1 amide bonds. The second-order valence-electron chi connectivity index (χ2n) is 10.9. The molecule has 0 radical (unpaired) electrons. The lowest BCUT2D eigenvalue weighted by Crippen LogP contribution is -2.54. The first-order chi connectivity index (χ1) is 20.6. The Hall–Kier alpha value is -4.37. The van der Waals surface area contributed by atoms with Gasteiger partial charge in [0, 0.05) is 37.4 Å². The van der Waals surface area contributed by atoms with Crippen molar-refractivity contribution >= 4 is 40.4 Å². The minimum Gasteiger partial charge on any atom is -0.350 e. The van der Waals surface area contributed by atoms with Crippen molar-refractivity contribution in [2.75, 3.05) is 24.5 Å². The van der Waals surface area contributed by atoms with Gasteiger partial charge in [0.15, 0.2) is 5.65 Å². The van der Waals surface area contributed by atoms with Crippen LogP contribution in [-0.4, -0.2) is 56.0 Å². The van der Waals surface area contributed by atoms with Gasteiger partial charge in [0.05, 0.1) is 27.5 Å². The number of benzene rings is 1. The Labute approximate surface area is 255 Å². The summed E-state index contributed by atoms with van der Waals surface area (Å²) in [4.78, 5) is 44.3. The highest BCUT2D eigenvalue weighted by Crippen LogP contribution is 2.37. The molecule has 1 saturated heterocycles. The van der Waals surface area contributed by atoms with Crippen molar-refractivity contribution in [3.05, 3.63) is 93.9 Å². The monoisotopic (exact) mass is 602 g/mol. The molecule has 4 heterocycles. The van der Waals surface area contributed by atoms with Crippen molar-refractivity contribution < 1.29 is 9.18 Å². The largest absolute Gasteiger partial charge is 0.355 e. The Morgan fingerprint density at radius 3 is 2.65 bits per heavy atom. The third-order valence-corrected chi connectivity index (χ3v) is 8.17. The Bertz CT molecular complexity index is 1820. The zero-order valence-electron chi connectivity index (χ0n) is 24.8. The summed E-state index contributed by atoms with van der Waals surface area (Å²) in [6.45, 7) is 16.7. The van der Waals surface area contributed by atoms with Crippen molar-refractivity contribution in [3.8, 4) is 16.9 Å². The van der Waals surface area contributed by atoms with Gasteiger partial charge in [-0.15, -0.1) is 0 Å². The number of hydrogen-bond acceptors (Lipinski definition) is 6. The summed E-state index contributed by atoms with van der Waals surface area (Å²) in [5.41, 5.74) is 2.88. The standard InChI is InChI=1S/C33H34ClFN6O2/c1-7-21-11-10-12-25(35)27(21)29-24(34)17-23-31(40-16-15-39(18-20(40)6)26(42)9-3)38-33(43)41(32(23)37-29)30-22(8-2)13-14-36-28(30)19(4)5/h7,9-14,17,19-20H,1,3,8,15-16,18H2,2,4-6H3/t20-/m0/s1/i42+2. The fourth-order valence-electron chi connectivity index (χ4n) is 5.74. The zero-order valence-corrected chi connectivity index (χ0v) is 25.5. The molecule has 3 aromatic heterocycles. The number of halogens is 2. The first kappa shape index (κ1) is 30.1. The average Bonchev–Trinajstić information content (AvgIpc) is 3.00. The quantitative estimate of drug-likeness (QED) is 0.185. The molecule has 1 aliphatic rings. The van der Waals surface area contributed by atoms with Gasteiger partial charge in [-0.1, -0.05) is 63.7 Å². The molecule has 43 heavy (non-hydrogen) atoms.